The van der Waals surface area contributed by atoms with Crippen molar-refractivity contribution in [2.24, 2.45) is 0 Å². The van der Waals surface area contributed by atoms with Crippen LogP contribution in [0.4, 0.5) is 0 Å². The highest BCUT2D eigenvalue weighted by Gasteiger charge is 2.14. The van der Waals surface area contributed by atoms with E-state index in [1.807, 2.05) is 27.7 Å². The van der Waals surface area contributed by atoms with Gasteiger partial charge in [0.25, 0.3) is 5.91 Å². The van der Waals surface area contributed by atoms with Gasteiger partial charge in [0.05, 0.1) is 0 Å². The van der Waals surface area contributed by atoms with Gasteiger partial charge in [-0.05, 0) is 13.8 Å². The van der Waals surface area contributed by atoms with Crippen molar-refractivity contribution in [3.63, 3.8) is 0 Å². The summed E-state index contributed by atoms with van der Waals surface area (Å²) in [6, 6.07) is 1.80. The van der Waals surface area contributed by atoms with E-state index in [0.29, 0.717) is 5.69 Å². The van der Waals surface area contributed by atoms with Crippen molar-refractivity contribution in [2.45, 2.75) is 39.7 Å². The van der Waals surface area contributed by atoms with E-state index in [0.717, 1.165) is 5.76 Å². The molecule has 0 aliphatic carbocycles. The fourth-order valence-corrected chi connectivity index (χ4v) is 1.00. The maximum absolute atomic E-state index is 11.5. The SMILES string of the molecule is CC(C)NC(=O)c1cc(C(C)C)on1. The number of rotatable bonds is 3. The molecule has 4 heteroatoms. The van der Waals surface area contributed by atoms with Gasteiger partial charge in [-0.2, -0.15) is 0 Å². The van der Waals surface area contributed by atoms with E-state index in [2.05, 4.69) is 10.5 Å². The first-order chi connectivity index (χ1) is 6.50. The average molecular weight is 196 g/mol. The van der Waals surface area contributed by atoms with Crippen LogP contribution in [-0.4, -0.2) is 17.1 Å². The Bertz CT molecular complexity index is 316. The van der Waals surface area contributed by atoms with E-state index >= 15 is 0 Å². The quantitative estimate of drug-likeness (QED) is 0.803. The molecule has 0 spiro atoms. The molecule has 0 radical (unpaired) electrons. The maximum atomic E-state index is 11.5. The second kappa shape index (κ2) is 4.26. The van der Waals surface area contributed by atoms with E-state index in [1.54, 1.807) is 6.07 Å². The van der Waals surface area contributed by atoms with Crippen LogP contribution in [0, 0.1) is 0 Å². The number of nitrogens with one attached hydrogen (secondary N) is 1. The third-order valence-corrected chi connectivity index (χ3v) is 1.75. The summed E-state index contributed by atoms with van der Waals surface area (Å²) in [5, 5.41) is 6.45. The lowest BCUT2D eigenvalue weighted by atomic mass is 10.1. The molecule has 0 bridgehead atoms. The number of nitrogens with zero attached hydrogens (tertiary/aromatic N) is 1. The number of aromatic nitrogens is 1. The highest BCUT2D eigenvalue weighted by atomic mass is 16.5. The molecule has 1 aromatic heterocycles. The minimum Gasteiger partial charge on any atom is -0.360 e. The minimum absolute atomic E-state index is 0.113. The fraction of sp³-hybridized carbons (Fsp3) is 0.600. The van der Waals surface area contributed by atoms with E-state index in [9.17, 15) is 4.79 Å². The largest absolute Gasteiger partial charge is 0.360 e. The molecule has 0 atom stereocenters. The summed E-state index contributed by atoms with van der Waals surface area (Å²) in [6.07, 6.45) is 0. The lowest BCUT2D eigenvalue weighted by Crippen LogP contribution is -2.30. The average Bonchev–Trinajstić information content (AvgIpc) is 2.50. The highest BCUT2D eigenvalue weighted by molar-refractivity contribution is 5.92. The molecule has 1 amide bonds. The van der Waals surface area contributed by atoms with Crippen LogP contribution in [0.25, 0.3) is 0 Å². The molecule has 0 fully saturated rings. The van der Waals surface area contributed by atoms with E-state index in [4.69, 9.17) is 4.52 Å². The van der Waals surface area contributed by atoms with Crippen molar-refractivity contribution in [3.05, 3.63) is 17.5 Å². The fourth-order valence-electron chi connectivity index (χ4n) is 1.00. The number of amides is 1. The Morgan fingerprint density at radius 2 is 2.07 bits per heavy atom. The smallest absolute Gasteiger partial charge is 0.273 e. The molecule has 0 saturated carbocycles. The summed E-state index contributed by atoms with van der Waals surface area (Å²) < 4.78 is 5.02. The number of hydrogen-bond acceptors (Lipinski definition) is 3. The highest BCUT2D eigenvalue weighted by Crippen LogP contribution is 2.14. The predicted molar refractivity (Wildman–Crippen MR) is 53.2 cm³/mol. The topological polar surface area (TPSA) is 55.1 Å². The van der Waals surface area contributed by atoms with Gasteiger partial charge in [0, 0.05) is 18.0 Å². The Morgan fingerprint density at radius 3 is 2.50 bits per heavy atom. The van der Waals surface area contributed by atoms with Gasteiger partial charge in [-0.25, -0.2) is 0 Å². The predicted octanol–water partition coefficient (Wildman–Crippen LogP) is 1.94. The first-order valence-corrected chi connectivity index (χ1v) is 4.78. The Hall–Kier alpha value is -1.32. The summed E-state index contributed by atoms with van der Waals surface area (Å²) in [7, 11) is 0. The van der Waals surface area contributed by atoms with Crippen LogP contribution < -0.4 is 5.32 Å². The second-order valence-corrected chi connectivity index (χ2v) is 3.90. The number of carbonyl (C=O) groups is 1. The molecule has 78 valence electrons. The molecule has 1 rings (SSSR count). The maximum Gasteiger partial charge on any atom is 0.273 e. The van der Waals surface area contributed by atoms with Crippen LogP contribution in [0.1, 0.15) is 49.9 Å². The molecule has 1 N–H and O–H groups in total. The van der Waals surface area contributed by atoms with E-state index in [-0.39, 0.29) is 17.9 Å². The van der Waals surface area contributed by atoms with Crippen LogP contribution in [0.2, 0.25) is 0 Å². The summed E-state index contributed by atoms with van der Waals surface area (Å²) in [5.74, 6) is 0.803. The molecule has 0 aliphatic rings. The molecule has 1 heterocycles. The van der Waals surface area contributed by atoms with Gasteiger partial charge in [0.1, 0.15) is 5.76 Å². The van der Waals surface area contributed by atoms with Gasteiger partial charge < -0.3 is 9.84 Å². The van der Waals surface area contributed by atoms with Crippen molar-refractivity contribution in [3.8, 4) is 0 Å². The zero-order valence-corrected chi connectivity index (χ0v) is 9.00. The summed E-state index contributed by atoms with van der Waals surface area (Å²) in [6.45, 7) is 7.79. The van der Waals surface area contributed by atoms with Crippen molar-refractivity contribution in [1.29, 1.82) is 0 Å². The molecule has 1 aromatic rings. The molecule has 0 unspecified atom stereocenters. The summed E-state index contributed by atoms with van der Waals surface area (Å²) >= 11 is 0. The molecule has 0 saturated heterocycles. The van der Waals surface area contributed by atoms with Gasteiger partial charge >= 0.3 is 0 Å². The third kappa shape index (κ3) is 2.58. The zero-order chi connectivity index (χ0) is 10.7. The van der Waals surface area contributed by atoms with Crippen LogP contribution in [0.3, 0.4) is 0 Å². The lowest BCUT2D eigenvalue weighted by Gasteiger charge is -2.04. The van der Waals surface area contributed by atoms with Gasteiger partial charge in [-0.3, -0.25) is 4.79 Å². The van der Waals surface area contributed by atoms with Crippen molar-refractivity contribution >= 4 is 5.91 Å². The van der Waals surface area contributed by atoms with Gasteiger partial charge in [-0.15, -0.1) is 0 Å². The molecular formula is C10H16N2O2. The molecule has 14 heavy (non-hydrogen) atoms. The van der Waals surface area contributed by atoms with Crippen molar-refractivity contribution in [1.82, 2.24) is 10.5 Å². The van der Waals surface area contributed by atoms with Crippen LogP contribution >= 0.6 is 0 Å². The van der Waals surface area contributed by atoms with Crippen LogP contribution in [0.5, 0.6) is 0 Å². The van der Waals surface area contributed by atoms with Crippen molar-refractivity contribution < 1.29 is 9.32 Å². The van der Waals surface area contributed by atoms with Crippen LogP contribution in [0.15, 0.2) is 10.6 Å². The van der Waals surface area contributed by atoms with Crippen molar-refractivity contribution in [2.75, 3.05) is 0 Å². The Kier molecular flexibility index (Phi) is 3.28. The van der Waals surface area contributed by atoms with Gasteiger partial charge in [-0.1, -0.05) is 19.0 Å². The van der Waals surface area contributed by atoms with Gasteiger partial charge in [0.15, 0.2) is 5.69 Å². The number of carbonyl (C=O) groups excluding carboxylic acids is 1. The Labute approximate surface area is 83.7 Å². The first kappa shape index (κ1) is 10.8. The molecule has 4 nitrogen and oxygen atoms in total. The third-order valence-electron chi connectivity index (χ3n) is 1.75. The molecular weight excluding hydrogens is 180 g/mol. The Morgan fingerprint density at radius 1 is 1.43 bits per heavy atom. The van der Waals surface area contributed by atoms with Gasteiger partial charge in [0.2, 0.25) is 0 Å². The summed E-state index contributed by atoms with van der Waals surface area (Å²) in [5.41, 5.74) is 0.349. The Balaban J connectivity index is 2.71. The molecule has 0 aliphatic heterocycles. The molecule has 0 aromatic carbocycles. The monoisotopic (exact) mass is 196 g/mol. The normalized spacial score (nSPS) is 11.0. The van der Waals surface area contributed by atoms with E-state index in [1.165, 1.54) is 0 Å². The lowest BCUT2D eigenvalue weighted by molar-refractivity contribution is 0.0934. The number of hydrogen-bond donors (Lipinski definition) is 1. The minimum atomic E-state index is -0.185. The zero-order valence-electron chi connectivity index (χ0n) is 9.00. The van der Waals surface area contributed by atoms with Crippen LogP contribution in [-0.2, 0) is 0 Å². The summed E-state index contributed by atoms with van der Waals surface area (Å²) in [4.78, 5) is 11.5. The standard InChI is InChI=1S/C10H16N2O2/c1-6(2)9-5-8(12-14-9)10(13)11-7(3)4/h5-7H,1-4H3,(H,11,13). The van der Waals surface area contributed by atoms with E-state index < -0.39 is 0 Å². The first-order valence-electron chi connectivity index (χ1n) is 4.78. The second-order valence-electron chi connectivity index (χ2n) is 3.90.